The van der Waals surface area contributed by atoms with Crippen LogP contribution in [0.2, 0.25) is 0 Å². The number of benzene rings is 2. The minimum atomic E-state index is -1.04. The van der Waals surface area contributed by atoms with Gasteiger partial charge < -0.3 is 30.7 Å². The minimum absolute atomic E-state index is 0.0695. The number of thiazole rings is 2. The Kier molecular flexibility index (Phi) is 14.5. The van der Waals surface area contributed by atoms with Gasteiger partial charge in [0.2, 0.25) is 5.91 Å². The zero-order valence-electron chi connectivity index (χ0n) is 28.4. The Morgan fingerprint density at radius 3 is 2.20 bits per heavy atom. The Labute approximate surface area is 296 Å². The van der Waals surface area contributed by atoms with Gasteiger partial charge in [-0.05, 0) is 37.3 Å². The third kappa shape index (κ3) is 12.6. The van der Waals surface area contributed by atoms with E-state index in [1.54, 1.807) is 37.0 Å². The van der Waals surface area contributed by atoms with Gasteiger partial charge in [-0.15, -0.1) is 22.7 Å². The van der Waals surface area contributed by atoms with Gasteiger partial charge in [0, 0.05) is 43.5 Å². The second kappa shape index (κ2) is 19.0. The summed E-state index contributed by atoms with van der Waals surface area (Å²) in [5.74, 6) is -0.0273. The van der Waals surface area contributed by atoms with Crippen LogP contribution in [0.5, 0.6) is 0 Å². The lowest BCUT2D eigenvalue weighted by Gasteiger charge is -2.29. The maximum Gasteiger partial charge on any atom is 0.407 e. The van der Waals surface area contributed by atoms with Crippen LogP contribution in [0.3, 0.4) is 0 Å². The van der Waals surface area contributed by atoms with E-state index in [4.69, 9.17) is 4.74 Å². The van der Waals surface area contributed by atoms with Crippen LogP contribution in [0.25, 0.3) is 0 Å². The zero-order valence-corrected chi connectivity index (χ0v) is 30.0. The molecule has 0 saturated heterocycles. The highest BCUT2D eigenvalue weighted by Crippen LogP contribution is 2.20. The van der Waals surface area contributed by atoms with Crippen LogP contribution >= 0.6 is 22.7 Å². The van der Waals surface area contributed by atoms with Crippen molar-refractivity contribution in [2.75, 3.05) is 13.6 Å². The van der Waals surface area contributed by atoms with Gasteiger partial charge in [-0.3, -0.25) is 9.78 Å². The van der Waals surface area contributed by atoms with Gasteiger partial charge in [0.25, 0.3) is 0 Å². The standard InChI is InChI=1S/C36H46N6O5S2/c1-24(2)34-40-28(22-48-34)15-16-42(4)35(45)38-25(3)33(44)39-29(17-26-11-7-5-8-12-26)19-32(43)31(18-27-13-9-6-10-14-27)41-36(46)47-21-30-20-37-23-49-30/h5-14,20,22-25,29,31-32,43H,15-19,21H2,1-4H3,(H,38,45)(H,39,44)(H,41,46)/t25-,29-,31-,32-/m0/s1. The summed E-state index contributed by atoms with van der Waals surface area (Å²) >= 11 is 3.00. The van der Waals surface area contributed by atoms with Crippen molar-refractivity contribution >= 4 is 40.7 Å². The van der Waals surface area contributed by atoms with E-state index in [9.17, 15) is 19.5 Å². The number of nitrogens with zero attached hydrogens (tertiary/aromatic N) is 3. The van der Waals surface area contributed by atoms with Crippen molar-refractivity contribution in [3.8, 4) is 0 Å². The molecule has 0 unspecified atom stereocenters. The zero-order chi connectivity index (χ0) is 35.2. The number of carbonyl (C=O) groups is 3. The highest BCUT2D eigenvalue weighted by Gasteiger charge is 2.28. The molecule has 0 bridgehead atoms. The van der Waals surface area contributed by atoms with Crippen LogP contribution in [0, 0.1) is 0 Å². The summed E-state index contributed by atoms with van der Waals surface area (Å²) in [7, 11) is 1.69. The molecule has 0 saturated carbocycles. The SMILES string of the molecule is CC(C)c1nc(CCN(C)C(=O)N[C@@H](C)C(=O)N[C@@H](Cc2ccccc2)C[C@H](O)[C@H](Cc2ccccc2)NC(=O)OCc2cncs2)cs1. The summed E-state index contributed by atoms with van der Waals surface area (Å²) in [5.41, 5.74) is 4.50. The molecule has 13 heteroatoms. The topological polar surface area (TPSA) is 146 Å². The molecule has 4 aromatic rings. The number of amides is 4. The number of likely N-dealkylation sites (N-methyl/N-ethyl adjacent to an activating group) is 1. The van der Waals surface area contributed by atoms with Crippen molar-refractivity contribution in [3.63, 3.8) is 0 Å². The van der Waals surface area contributed by atoms with Crippen LogP contribution in [0.15, 0.2) is 77.8 Å². The lowest BCUT2D eigenvalue weighted by Crippen LogP contribution is -2.53. The molecular weight excluding hydrogens is 661 g/mol. The molecule has 49 heavy (non-hydrogen) atoms. The summed E-state index contributed by atoms with van der Waals surface area (Å²) in [5, 5.41) is 23.3. The van der Waals surface area contributed by atoms with Gasteiger partial charge in [-0.1, -0.05) is 74.5 Å². The van der Waals surface area contributed by atoms with Crippen LogP contribution in [0.4, 0.5) is 9.59 Å². The fourth-order valence-electron chi connectivity index (χ4n) is 5.12. The molecule has 262 valence electrons. The average Bonchev–Trinajstić information content (AvgIpc) is 3.80. The third-order valence-corrected chi connectivity index (χ3v) is 9.89. The summed E-state index contributed by atoms with van der Waals surface area (Å²) in [6.07, 6.45) is 1.47. The van der Waals surface area contributed by atoms with E-state index in [0.717, 1.165) is 26.7 Å². The third-order valence-electron chi connectivity index (χ3n) is 7.94. The second-order valence-electron chi connectivity index (χ2n) is 12.4. The van der Waals surface area contributed by atoms with Gasteiger partial charge in [0.05, 0.1) is 33.2 Å². The molecule has 0 fully saturated rings. The molecule has 2 aromatic heterocycles. The Morgan fingerprint density at radius 2 is 1.59 bits per heavy atom. The molecule has 4 N–H and O–H groups in total. The van der Waals surface area contributed by atoms with Crippen LogP contribution in [-0.4, -0.2) is 75.8 Å². The molecule has 0 radical (unpaired) electrons. The van der Waals surface area contributed by atoms with E-state index in [0.29, 0.717) is 31.7 Å². The first-order valence-electron chi connectivity index (χ1n) is 16.4. The Bertz CT molecular complexity index is 1590. The predicted molar refractivity (Wildman–Crippen MR) is 193 cm³/mol. The van der Waals surface area contributed by atoms with Gasteiger partial charge in [0.15, 0.2) is 0 Å². The monoisotopic (exact) mass is 706 g/mol. The van der Waals surface area contributed by atoms with E-state index >= 15 is 0 Å². The number of alkyl carbamates (subject to hydrolysis) is 1. The summed E-state index contributed by atoms with van der Waals surface area (Å²) in [6.45, 7) is 6.35. The molecule has 0 aliphatic rings. The van der Waals surface area contributed by atoms with Crippen molar-refractivity contribution in [3.05, 3.63) is 104 Å². The van der Waals surface area contributed by atoms with Crippen molar-refractivity contribution in [2.45, 2.75) is 83.2 Å². The van der Waals surface area contributed by atoms with Crippen molar-refractivity contribution in [1.29, 1.82) is 0 Å². The van der Waals surface area contributed by atoms with Crippen molar-refractivity contribution in [1.82, 2.24) is 30.8 Å². The molecule has 0 aliphatic heterocycles. The number of aromatic nitrogens is 2. The van der Waals surface area contributed by atoms with Crippen LogP contribution in [-0.2, 0) is 35.4 Å². The molecule has 11 nitrogen and oxygen atoms in total. The highest BCUT2D eigenvalue weighted by molar-refractivity contribution is 7.09. The quantitative estimate of drug-likeness (QED) is 0.116. The lowest BCUT2D eigenvalue weighted by molar-refractivity contribution is -0.123. The Balaban J connectivity index is 1.38. The number of carbonyl (C=O) groups excluding carboxylic acids is 3. The number of rotatable bonds is 17. The first kappa shape index (κ1) is 37.5. The number of ether oxygens (including phenoxy) is 1. The van der Waals surface area contributed by atoms with E-state index in [2.05, 4.69) is 39.8 Å². The number of hydrogen-bond acceptors (Lipinski definition) is 9. The van der Waals surface area contributed by atoms with Crippen LogP contribution in [0.1, 0.15) is 59.8 Å². The fraction of sp³-hybridized carbons (Fsp3) is 0.417. The van der Waals surface area contributed by atoms with Gasteiger partial charge in [-0.2, -0.15) is 0 Å². The normalized spacial score (nSPS) is 13.6. The number of hydrogen-bond donors (Lipinski definition) is 4. The van der Waals surface area contributed by atoms with E-state index in [1.165, 1.54) is 16.2 Å². The minimum Gasteiger partial charge on any atom is -0.444 e. The molecule has 4 rings (SSSR count). The summed E-state index contributed by atoms with van der Waals surface area (Å²) < 4.78 is 5.40. The fourth-order valence-corrected chi connectivity index (χ4v) is 6.49. The molecule has 0 spiro atoms. The number of nitrogens with one attached hydrogen (secondary N) is 3. The lowest BCUT2D eigenvalue weighted by atomic mass is 9.93. The van der Waals surface area contributed by atoms with Crippen LogP contribution < -0.4 is 16.0 Å². The molecule has 0 aliphatic carbocycles. The van der Waals surface area contributed by atoms with Crippen molar-refractivity contribution < 1.29 is 24.2 Å². The smallest absolute Gasteiger partial charge is 0.407 e. The molecule has 4 atom stereocenters. The number of aliphatic hydroxyl groups excluding tert-OH is 1. The molecule has 2 heterocycles. The van der Waals surface area contributed by atoms with Crippen molar-refractivity contribution in [2.24, 2.45) is 0 Å². The van der Waals surface area contributed by atoms with Gasteiger partial charge in [0.1, 0.15) is 12.6 Å². The van der Waals surface area contributed by atoms with Gasteiger partial charge >= 0.3 is 12.1 Å². The Hall–Kier alpha value is -4.33. The number of urea groups is 1. The maximum absolute atomic E-state index is 13.4. The Morgan fingerprint density at radius 1 is 0.918 bits per heavy atom. The summed E-state index contributed by atoms with van der Waals surface area (Å²) in [4.78, 5) is 50.2. The molecule has 2 aromatic carbocycles. The van der Waals surface area contributed by atoms with Gasteiger partial charge in [-0.25, -0.2) is 14.6 Å². The largest absolute Gasteiger partial charge is 0.444 e. The maximum atomic E-state index is 13.4. The predicted octanol–water partition coefficient (Wildman–Crippen LogP) is 5.31. The van der Waals surface area contributed by atoms with E-state index in [-0.39, 0.29) is 25.0 Å². The molecule has 4 amide bonds. The first-order chi connectivity index (χ1) is 23.6. The average molecular weight is 707 g/mol. The van der Waals surface area contributed by atoms with E-state index < -0.39 is 30.3 Å². The summed E-state index contributed by atoms with van der Waals surface area (Å²) in [6, 6.07) is 16.8. The second-order valence-corrected chi connectivity index (χ2v) is 14.2. The first-order valence-corrected chi connectivity index (χ1v) is 18.2. The molecular formula is C36H46N6O5S2. The number of aliphatic hydroxyl groups is 1. The van der Waals surface area contributed by atoms with E-state index in [1.807, 2.05) is 66.0 Å². The highest BCUT2D eigenvalue weighted by atomic mass is 32.1.